The molecule has 3 rings (SSSR count). The average Bonchev–Trinajstić information content (AvgIpc) is 2.47. The van der Waals surface area contributed by atoms with Gasteiger partial charge in [-0.2, -0.15) is 0 Å². The molecule has 0 radical (unpaired) electrons. The van der Waals surface area contributed by atoms with Crippen molar-refractivity contribution in [2.75, 3.05) is 6.54 Å². The lowest BCUT2D eigenvalue weighted by molar-refractivity contribution is 0.143. The van der Waals surface area contributed by atoms with Gasteiger partial charge in [-0.05, 0) is 37.5 Å². The molecular weight excluding hydrogens is 288 g/mol. The van der Waals surface area contributed by atoms with Gasteiger partial charge in [0.1, 0.15) is 6.29 Å². The van der Waals surface area contributed by atoms with Crippen molar-refractivity contribution < 1.29 is 4.79 Å². The SMILES string of the molecule is O=C(NC1CCC2CCCCC2C1)NC1NCCC(Cl)N1. The number of hydrogen-bond acceptors (Lipinski definition) is 3. The summed E-state index contributed by atoms with van der Waals surface area (Å²) in [7, 11) is 0. The topological polar surface area (TPSA) is 65.2 Å². The van der Waals surface area contributed by atoms with Gasteiger partial charge in [-0.25, -0.2) is 4.79 Å². The van der Waals surface area contributed by atoms with E-state index in [2.05, 4.69) is 21.3 Å². The predicted octanol–water partition coefficient (Wildman–Crippen LogP) is 2.08. The second-order valence-corrected chi connectivity index (χ2v) is 7.27. The fraction of sp³-hybridized carbons (Fsp3) is 0.933. The Morgan fingerprint density at radius 1 is 1.00 bits per heavy atom. The highest BCUT2D eigenvalue weighted by atomic mass is 35.5. The van der Waals surface area contributed by atoms with Crippen LogP contribution in [0.3, 0.4) is 0 Å². The second kappa shape index (κ2) is 7.16. The summed E-state index contributed by atoms with van der Waals surface area (Å²) in [5.41, 5.74) is -0.0748. The molecule has 0 bridgehead atoms. The largest absolute Gasteiger partial charge is 0.335 e. The summed E-state index contributed by atoms with van der Waals surface area (Å²) in [6.07, 6.45) is 9.71. The van der Waals surface area contributed by atoms with E-state index in [1.54, 1.807) is 0 Å². The van der Waals surface area contributed by atoms with Crippen molar-refractivity contribution in [2.24, 2.45) is 11.8 Å². The normalized spacial score (nSPS) is 40.1. The summed E-state index contributed by atoms with van der Waals surface area (Å²) >= 11 is 6.04. The number of halogens is 1. The zero-order valence-corrected chi connectivity index (χ0v) is 13.3. The van der Waals surface area contributed by atoms with Crippen molar-refractivity contribution >= 4 is 17.6 Å². The van der Waals surface area contributed by atoms with Crippen LogP contribution in [0, 0.1) is 11.8 Å². The molecule has 2 saturated carbocycles. The van der Waals surface area contributed by atoms with Gasteiger partial charge in [0.2, 0.25) is 0 Å². The molecule has 1 aliphatic heterocycles. The molecule has 5 unspecified atom stereocenters. The van der Waals surface area contributed by atoms with E-state index in [0.717, 1.165) is 37.6 Å². The molecule has 1 saturated heterocycles. The summed E-state index contributed by atoms with van der Waals surface area (Å²) < 4.78 is 0. The van der Waals surface area contributed by atoms with E-state index in [1.807, 2.05) is 0 Å². The van der Waals surface area contributed by atoms with Crippen LogP contribution in [-0.2, 0) is 0 Å². The van der Waals surface area contributed by atoms with Crippen molar-refractivity contribution in [3.63, 3.8) is 0 Å². The van der Waals surface area contributed by atoms with Crippen LogP contribution >= 0.6 is 11.6 Å². The summed E-state index contributed by atoms with van der Waals surface area (Å²) in [5.74, 6) is 1.74. The molecule has 3 aliphatic rings. The molecule has 2 aliphatic carbocycles. The summed E-state index contributed by atoms with van der Waals surface area (Å²) in [4.78, 5) is 12.1. The number of rotatable bonds is 2. The third kappa shape index (κ3) is 4.24. The number of nitrogens with one attached hydrogen (secondary N) is 4. The summed E-state index contributed by atoms with van der Waals surface area (Å²) in [5, 5.41) is 12.4. The van der Waals surface area contributed by atoms with E-state index in [4.69, 9.17) is 11.6 Å². The lowest BCUT2D eigenvalue weighted by atomic mass is 9.69. The van der Waals surface area contributed by atoms with E-state index < -0.39 is 0 Å². The highest BCUT2D eigenvalue weighted by Gasteiger charge is 2.33. The molecular formula is C15H27ClN4O. The third-order valence-corrected chi connectivity index (χ3v) is 5.59. The number of carbonyl (C=O) groups is 1. The highest BCUT2D eigenvalue weighted by molar-refractivity contribution is 6.20. The molecule has 0 aromatic heterocycles. The fourth-order valence-electron chi connectivity index (χ4n) is 4.13. The number of carbonyl (C=O) groups excluding carboxylic acids is 1. The summed E-state index contributed by atoms with van der Waals surface area (Å²) in [6, 6.07) is 0.241. The first kappa shape index (κ1) is 15.4. The Morgan fingerprint density at radius 2 is 1.81 bits per heavy atom. The quantitative estimate of drug-likeness (QED) is 0.466. The zero-order chi connectivity index (χ0) is 14.7. The molecule has 6 heteroatoms. The summed E-state index contributed by atoms with van der Waals surface area (Å²) in [6.45, 7) is 0.819. The maximum Gasteiger partial charge on any atom is 0.317 e. The number of alkyl halides is 1. The van der Waals surface area contributed by atoms with Crippen LogP contribution in [0.15, 0.2) is 0 Å². The molecule has 5 atom stereocenters. The molecule has 3 fully saturated rings. The molecule has 0 aromatic carbocycles. The maximum absolute atomic E-state index is 12.1. The number of amides is 2. The van der Waals surface area contributed by atoms with Crippen molar-refractivity contribution in [3.05, 3.63) is 0 Å². The van der Waals surface area contributed by atoms with Crippen molar-refractivity contribution in [2.45, 2.75) is 69.2 Å². The molecule has 21 heavy (non-hydrogen) atoms. The van der Waals surface area contributed by atoms with Crippen LogP contribution < -0.4 is 21.3 Å². The molecule has 0 aromatic rings. The van der Waals surface area contributed by atoms with Crippen LogP contribution in [0.2, 0.25) is 0 Å². The van der Waals surface area contributed by atoms with Crippen molar-refractivity contribution in [1.82, 2.24) is 21.3 Å². The molecule has 2 amide bonds. The Bertz CT molecular complexity index is 368. The van der Waals surface area contributed by atoms with E-state index in [9.17, 15) is 4.79 Å². The van der Waals surface area contributed by atoms with Crippen molar-refractivity contribution in [3.8, 4) is 0 Å². The Labute approximate surface area is 131 Å². The van der Waals surface area contributed by atoms with Crippen molar-refractivity contribution in [1.29, 1.82) is 0 Å². The minimum atomic E-state index is -0.229. The maximum atomic E-state index is 12.1. The Morgan fingerprint density at radius 3 is 2.62 bits per heavy atom. The van der Waals surface area contributed by atoms with Gasteiger partial charge in [-0.3, -0.25) is 10.6 Å². The third-order valence-electron chi connectivity index (χ3n) is 5.24. The number of hydrogen-bond donors (Lipinski definition) is 4. The Hall–Kier alpha value is -0.520. The molecule has 4 N–H and O–H groups in total. The predicted molar refractivity (Wildman–Crippen MR) is 83.9 cm³/mol. The van der Waals surface area contributed by atoms with Gasteiger partial charge >= 0.3 is 6.03 Å². The van der Waals surface area contributed by atoms with Crippen LogP contribution in [-0.4, -0.2) is 30.4 Å². The monoisotopic (exact) mass is 314 g/mol. The molecule has 120 valence electrons. The first-order chi connectivity index (χ1) is 10.2. The Kier molecular flexibility index (Phi) is 5.24. The van der Waals surface area contributed by atoms with Gasteiger partial charge in [-0.1, -0.05) is 25.7 Å². The highest BCUT2D eigenvalue weighted by Crippen LogP contribution is 2.40. The van der Waals surface area contributed by atoms with Gasteiger partial charge in [0.05, 0.1) is 5.50 Å². The van der Waals surface area contributed by atoms with Gasteiger partial charge in [0.15, 0.2) is 0 Å². The zero-order valence-electron chi connectivity index (χ0n) is 12.5. The Balaban J connectivity index is 1.42. The average molecular weight is 315 g/mol. The van der Waals surface area contributed by atoms with Crippen LogP contribution in [0.25, 0.3) is 0 Å². The smallest absolute Gasteiger partial charge is 0.317 e. The molecule has 5 nitrogen and oxygen atoms in total. The second-order valence-electron chi connectivity index (χ2n) is 6.74. The van der Waals surface area contributed by atoms with E-state index in [1.165, 1.54) is 32.1 Å². The first-order valence-electron chi connectivity index (χ1n) is 8.41. The molecule has 1 heterocycles. The minimum absolute atomic E-state index is 0.0748. The van der Waals surface area contributed by atoms with Gasteiger partial charge in [0, 0.05) is 12.6 Å². The minimum Gasteiger partial charge on any atom is -0.335 e. The van der Waals surface area contributed by atoms with E-state index in [-0.39, 0.29) is 17.8 Å². The van der Waals surface area contributed by atoms with Crippen LogP contribution in [0.5, 0.6) is 0 Å². The van der Waals surface area contributed by atoms with Gasteiger partial charge in [0.25, 0.3) is 0 Å². The standard InChI is InChI=1S/C15H27ClN4O/c16-13-7-8-17-14(19-13)20-15(21)18-12-6-5-10-3-1-2-4-11(10)9-12/h10-14,17,19H,1-9H2,(H2,18,20,21). The number of fused-ring (bicyclic) bond motifs is 1. The van der Waals surface area contributed by atoms with E-state index >= 15 is 0 Å². The fourth-order valence-corrected chi connectivity index (χ4v) is 4.37. The van der Waals surface area contributed by atoms with E-state index in [0.29, 0.717) is 6.04 Å². The van der Waals surface area contributed by atoms with Gasteiger partial charge < -0.3 is 10.6 Å². The number of urea groups is 1. The molecule has 0 spiro atoms. The lowest BCUT2D eigenvalue weighted by Crippen LogP contribution is -2.62. The van der Waals surface area contributed by atoms with Crippen LogP contribution in [0.4, 0.5) is 4.79 Å². The first-order valence-corrected chi connectivity index (χ1v) is 8.85. The van der Waals surface area contributed by atoms with Gasteiger partial charge in [-0.15, -0.1) is 11.6 Å². The van der Waals surface area contributed by atoms with Crippen LogP contribution in [0.1, 0.15) is 51.4 Å². The lowest BCUT2D eigenvalue weighted by Gasteiger charge is -2.39.